The summed E-state index contributed by atoms with van der Waals surface area (Å²) in [5.74, 6) is -2.43. The van der Waals surface area contributed by atoms with Crippen molar-refractivity contribution in [2.24, 2.45) is 11.7 Å². The van der Waals surface area contributed by atoms with Crippen molar-refractivity contribution in [3.8, 4) is 5.75 Å². The maximum absolute atomic E-state index is 12.4. The van der Waals surface area contributed by atoms with Gasteiger partial charge in [0.2, 0.25) is 6.10 Å². The molecule has 0 aromatic heterocycles. The van der Waals surface area contributed by atoms with E-state index in [2.05, 4.69) is 0 Å². The molecule has 0 saturated heterocycles. The number of carbonyl (C=O) groups is 4. The van der Waals surface area contributed by atoms with Crippen molar-refractivity contribution in [3.05, 3.63) is 29.8 Å². The number of hydrogen-bond donors (Lipinski definition) is 1. The summed E-state index contributed by atoms with van der Waals surface area (Å²) in [4.78, 5) is 46.6. The minimum absolute atomic E-state index is 0.0967. The van der Waals surface area contributed by atoms with Crippen LogP contribution in [0.25, 0.3) is 0 Å². The lowest BCUT2D eigenvalue weighted by Gasteiger charge is -2.20. The molecule has 0 aliphatic rings. The van der Waals surface area contributed by atoms with Crippen LogP contribution in [0.1, 0.15) is 46.3 Å². The minimum Gasteiger partial charge on any atom is -0.459 e. The molecule has 0 heterocycles. The third-order valence-corrected chi connectivity index (χ3v) is 3.71. The number of hydrogen-bond acceptors (Lipinski definition) is 9. The number of benzene rings is 1. The van der Waals surface area contributed by atoms with Gasteiger partial charge in [0.25, 0.3) is 0 Å². The number of nitrogens with two attached hydrogens (primary N) is 1. The van der Waals surface area contributed by atoms with Gasteiger partial charge in [-0.2, -0.15) is 0 Å². The Hall–Kier alpha value is -2.94. The van der Waals surface area contributed by atoms with Crippen LogP contribution in [-0.4, -0.2) is 42.6 Å². The van der Waals surface area contributed by atoms with Crippen LogP contribution in [0.15, 0.2) is 24.3 Å². The van der Waals surface area contributed by atoms with Crippen LogP contribution in [0, 0.1) is 5.92 Å². The van der Waals surface area contributed by atoms with Crippen LogP contribution in [0.2, 0.25) is 0 Å². The van der Waals surface area contributed by atoms with Crippen molar-refractivity contribution in [3.63, 3.8) is 0 Å². The Labute approximate surface area is 169 Å². The second kappa shape index (κ2) is 11.2. The lowest BCUT2D eigenvalue weighted by molar-refractivity contribution is -0.172. The van der Waals surface area contributed by atoms with E-state index in [1.54, 1.807) is 20.8 Å². The normalized spacial score (nSPS) is 13.8. The van der Waals surface area contributed by atoms with Gasteiger partial charge in [-0.1, -0.05) is 26.0 Å². The first kappa shape index (κ1) is 24.1. The van der Waals surface area contributed by atoms with Crippen LogP contribution in [0.3, 0.4) is 0 Å². The van der Waals surface area contributed by atoms with E-state index in [0.717, 1.165) is 6.92 Å². The average molecular weight is 409 g/mol. The molecule has 9 nitrogen and oxygen atoms in total. The van der Waals surface area contributed by atoms with Crippen molar-refractivity contribution >= 4 is 23.9 Å². The Balaban J connectivity index is 2.75. The third-order valence-electron chi connectivity index (χ3n) is 3.71. The highest BCUT2D eigenvalue weighted by Crippen LogP contribution is 2.23. The highest BCUT2D eigenvalue weighted by atomic mass is 16.6. The molecule has 29 heavy (non-hydrogen) atoms. The second-order valence-electron chi connectivity index (χ2n) is 6.80. The van der Waals surface area contributed by atoms with Gasteiger partial charge in [-0.25, -0.2) is 4.79 Å². The maximum atomic E-state index is 12.4. The summed E-state index contributed by atoms with van der Waals surface area (Å²) in [7, 11) is 0. The van der Waals surface area contributed by atoms with E-state index >= 15 is 0 Å². The molecule has 2 N–H and O–H groups in total. The fourth-order valence-corrected chi connectivity index (χ4v) is 2.15. The Bertz CT molecular complexity index is 729. The molecule has 0 spiro atoms. The van der Waals surface area contributed by atoms with E-state index in [0.29, 0.717) is 5.56 Å². The Kier molecular flexibility index (Phi) is 9.27. The summed E-state index contributed by atoms with van der Waals surface area (Å²) in [5, 5.41) is 0. The highest BCUT2D eigenvalue weighted by molar-refractivity contribution is 5.80. The van der Waals surface area contributed by atoms with Gasteiger partial charge in [0.1, 0.15) is 24.5 Å². The molecule has 1 aromatic rings. The van der Waals surface area contributed by atoms with Gasteiger partial charge in [0, 0.05) is 19.4 Å². The van der Waals surface area contributed by atoms with Crippen LogP contribution in [0.5, 0.6) is 5.75 Å². The van der Waals surface area contributed by atoms with Gasteiger partial charge in [-0.15, -0.1) is 0 Å². The van der Waals surface area contributed by atoms with Crippen molar-refractivity contribution in [2.75, 3.05) is 6.61 Å². The van der Waals surface area contributed by atoms with Gasteiger partial charge < -0.3 is 24.7 Å². The standard InChI is InChI=1S/C20H27NO8/c1-11(2)17(21)19(24)27-12(3)10-26-20(25)18(29-14(5)23)15-6-8-16(9-7-15)28-13(4)22/h6-9,11-12,17-18H,10,21H2,1-5H3/t12?,17-,18?/m0/s1. The molecule has 0 aliphatic heterocycles. The monoisotopic (exact) mass is 409 g/mol. The summed E-state index contributed by atoms with van der Waals surface area (Å²) in [6.07, 6.45) is -2.06. The zero-order valence-electron chi connectivity index (χ0n) is 17.2. The summed E-state index contributed by atoms with van der Waals surface area (Å²) in [6, 6.07) is 5.07. The summed E-state index contributed by atoms with van der Waals surface area (Å²) in [6.45, 7) is 7.30. The largest absolute Gasteiger partial charge is 0.459 e. The van der Waals surface area contributed by atoms with E-state index in [4.69, 9.17) is 24.7 Å². The molecule has 0 aliphatic carbocycles. The smallest absolute Gasteiger partial charge is 0.352 e. The van der Waals surface area contributed by atoms with Crippen molar-refractivity contribution in [1.82, 2.24) is 0 Å². The zero-order valence-corrected chi connectivity index (χ0v) is 17.2. The van der Waals surface area contributed by atoms with Crippen molar-refractivity contribution in [1.29, 1.82) is 0 Å². The van der Waals surface area contributed by atoms with Gasteiger partial charge in [0.15, 0.2) is 0 Å². The lowest BCUT2D eigenvalue weighted by atomic mass is 10.1. The molecule has 1 aromatic carbocycles. The van der Waals surface area contributed by atoms with E-state index in [1.165, 1.54) is 31.2 Å². The second-order valence-corrected chi connectivity index (χ2v) is 6.80. The van der Waals surface area contributed by atoms with Crippen LogP contribution in [-0.2, 0) is 33.4 Å². The fourth-order valence-electron chi connectivity index (χ4n) is 2.15. The SMILES string of the molecule is CC(=O)Oc1ccc(C(OC(C)=O)C(=O)OCC(C)OC(=O)[C@@H](N)C(C)C)cc1. The minimum atomic E-state index is -1.32. The van der Waals surface area contributed by atoms with Crippen LogP contribution in [0.4, 0.5) is 0 Å². The Morgan fingerprint density at radius 3 is 1.97 bits per heavy atom. The molecular formula is C20H27NO8. The first-order valence-electron chi connectivity index (χ1n) is 9.09. The van der Waals surface area contributed by atoms with Gasteiger partial charge in [-0.05, 0) is 25.0 Å². The van der Waals surface area contributed by atoms with E-state index < -0.39 is 42.1 Å². The molecule has 0 bridgehead atoms. The summed E-state index contributed by atoms with van der Waals surface area (Å²) in [5.41, 5.74) is 6.04. The molecule has 3 atom stereocenters. The van der Waals surface area contributed by atoms with E-state index in [-0.39, 0.29) is 18.3 Å². The summed E-state index contributed by atoms with van der Waals surface area (Å²) < 4.78 is 20.3. The fraction of sp³-hybridized carbons (Fsp3) is 0.500. The lowest BCUT2D eigenvalue weighted by Crippen LogP contribution is -2.39. The average Bonchev–Trinajstić information content (AvgIpc) is 2.63. The Morgan fingerprint density at radius 2 is 1.48 bits per heavy atom. The van der Waals surface area contributed by atoms with Gasteiger partial charge >= 0.3 is 23.9 Å². The summed E-state index contributed by atoms with van der Waals surface area (Å²) >= 11 is 0. The number of rotatable bonds is 9. The van der Waals surface area contributed by atoms with Crippen LogP contribution >= 0.6 is 0 Å². The molecular weight excluding hydrogens is 382 g/mol. The van der Waals surface area contributed by atoms with E-state index in [9.17, 15) is 19.2 Å². The van der Waals surface area contributed by atoms with Crippen molar-refractivity contribution in [2.45, 2.75) is 52.9 Å². The first-order valence-corrected chi connectivity index (χ1v) is 9.09. The topological polar surface area (TPSA) is 131 Å². The third kappa shape index (κ3) is 8.30. The molecule has 0 saturated carbocycles. The number of esters is 4. The molecule has 0 amide bonds. The van der Waals surface area contributed by atoms with Crippen LogP contribution < -0.4 is 10.5 Å². The quantitative estimate of drug-likeness (QED) is 0.367. The molecule has 160 valence electrons. The zero-order chi connectivity index (χ0) is 22.1. The van der Waals surface area contributed by atoms with Crippen molar-refractivity contribution < 1.29 is 38.1 Å². The predicted octanol–water partition coefficient (Wildman–Crippen LogP) is 1.67. The molecule has 0 radical (unpaired) electrons. The number of carbonyl (C=O) groups excluding carboxylic acids is 4. The van der Waals surface area contributed by atoms with E-state index in [1.807, 2.05) is 0 Å². The molecule has 1 rings (SSSR count). The molecule has 0 fully saturated rings. The van der Waals surface area contributed by atoms with Gasteiger partial charge in [-0.3, -0.25) is 14.4 Å². The number of ether oxygens (including phenoxy) is 4. The predicted molar refractivity (Wildman–Crippen MR) is 102 cm³/mol. The van der Waals surface area contributed by atoms with Gasteiger partial charge in [0.05, 0.1) is 0 Å². The molecule has 9 heteroatoms. The maximum Gasteiger partial charge on any atom is 0.352 e. The molecule has 2 unspecified atom stereocenters. The Morgan fingerprint density at radius 1 is 0.897 bits per heavy atom. The first-order chi connectivity index (χ1) is 13.5. The highest BCUT2D eigenvalue weighted by Gasteiger charge is 2.27.